The Hall–Kier alpha value is -1.78. The summed E-state index contributed by atoms with van der Waals surface area (Å²) in [5.41, 5.74) is 3.65. The van der Waals surface area contributed by atoms with Crippen molar-refractivity contribution < 1.29 is 14.3 Å². The fourth-order valence-corrected chi connectivity index (χ4v) is 4.91. The number of rotatable bonds is 6. The van der Waals surface area contributed by atoms with Crippen molar-refractivity contribution in [2.75, 3.05) is 18.6 Å². The van der Waals surface area contributed by atoms with Crippen LogP contribution in [0, 0.1) is 6.92 Å². The lowest BCUT2D eigenvalue weighted by atomic mass is 10.2. The number of benzene rings is 1. The fraction of sp³-hybridized carbons (Fsp3) is 0.333. The summed E-state index contributed by atoms with van der Waals surface area (Å²) in [4.78, 5) is 24.3. The summed E-state index contributed by atoms with van der Waals surface area (Å²) in [5, 5.41) is 9.90. The minimum Gasteiger partial charge on any atom is -0.497 e. The minimum absolute atomic E-state index is 0.115. The molecule has 10 heteroatoms. The molecule has 1 fully saturated rings. The normalized spacial score (nSPS) is 17.0. The van der Waals surface area contributed by atoms with Crippen molar-refractivity contribution in [3.63, 3.8) is 0 Å². The maximum atomic E-state index is 12.2. The zero-order valence-corrected chi connectivity index (χ0v) is 16.0. The van der Waals surface area contributed by atoms with E-state index in [4.69, 9.17) is 4.74 Å². The quantitative estimate of drug-likeness (QED) is 0.750. The van der Waals surface area contributed by atoms with E-state index in [1.54, 1.807) is 7.11 Å². The van der Waals surface area contributed by atoms with E-state index in [-0.39, 0.29) is 22.9 Å². The van der Waals surface area contributed by atoms with E-state index >= 15 is 0 Å². The van der Waals surface area contributed by atoms with Crippen molar-refractivity contribution in [2.24, 2.45) is 0 Å². The molecule has 2 heterocycles. The van der Waals surface area contributed by atoms with Gasteiger partial charge in [0.15, 0.2) is 4.34 Å². The predicted molar refractivity (Wildman–Crippen MR) is 98.6 cm³/mol. The summed E-state index contributed by atoms with van der Waals surface area (Å²) in [6, 6.07) is 7.47. The monoisotopic (exact) mass is 396 g/mol. The first kappa shape index (κ1) is 18.0. The second-order valence-electron chi connectivity index (χ2n) is 5.11. The number of carbonyl (C=O) groups excluding carboxylic acids is 2. The average molecular weight is 397 g/mol. The van der Waals surface area contributed by atoms with Gasteiger partial charge in [-0.05, 0) is 24.6 Å². The van der Waals surface area contributed by atoms with E-state index in [0.29, 0.717) is 5.75 Å². The molecule has 1 aliphatic heterocycles. The van der Waals surface area contributed by atoms with Crippen LogP contribution in [-0.4, -0.2) is 45.6 Å². The SMILES string of the molecule is COc1ccc(C2SCC(=O)N2NC(=O)CSc2nnc(C)s2)cc1. The summed E-state index contributed by atoms with van der Waals surface area (Å²) in [6.07, 6.45) is 0. The number of ether oxygens (including phenoxy) is 1. The van der Waals surface area contributed by atoms with Gasteiger partial charge in [-0.3, -0.25) is 15.0 Å². The van der Waals surface area contributed by atoms with Crippen LogP contribution in [0.3, 0.4) is 0 Å². The average Bonchev–Trinajstić information content (AvgIpc) is 3.19. The van der Waals surface area contributed by atoms with Crippen LogP contribution in [0.15, 0.2) is 28.6 Å². The number of thioether (sulfide) groups is 2. The zero-order valence-electron chi connectivity index (χ0n) is 13.6. The van der Waals surface area contributed by atoms with Crippen LogP contribution in [0.1, 0.15) is 15.9 Å². The van der Waals surface area contributed by atoms with Crippen molar-refractivity contribution in [1.82, 2.24) is 20.6 Å². The Bertz CT molecular complexity index is 766. The smallest absolute Gasteiger partial charge is 0.252 e. The number of nitrogens with one attached hydrogen (secondary N) is 1. The summed E-state index contributed by atoms with van der Waals surface area (Å²) in [5.74, 6) is 0.901. The van der Waals surface area contributed by atoms with Crippen LogP contribution < -0.4 is 10.2 Å². The third-order valence-corrected chi connectivity index (χ3v) is 6.53. The fourth-order valence-electron chi connectivity index (χ4n) is 2.19. The Balaban J connectivity index is 1.61. The molecule has 25 heavy (non-hydrogen) atoms. The molecule has 2 amide bonds. The van der Waals surface area contributed by atoms with E-state index in [9.17, 15) is 9.59 Å². The van der Waals surface area contributed by atoms with E-state index < -0.39 is 0 Å². The number of aryl methyl sites for hydroxylation is 1. The number of methoxy groups -OCH3 is 1. The van der Waals surface area contributed by atoms with Crippen LogP contribution in [0.2, 0.25) is 0 Å². The molecule has 7 nitrogen and oxygen atoms in total. The number of amides is 2. The molecule has 1 aromatic heterocycles. The van der Waals surface area contributed by atoms with Gasteiger partial charge in [-0.15, -0.1) is 22.0 Å². The van der Waals surface area contributed by atoms with Crippen LogP contribution in [0.25, 0.3) is 0 Å². The summed E-state index contributed by atoms with van der Waals surface area (Å²) >= 11 is 4.22. The van der Waals surface area contributed by atoms with Gasteiger partial charge < -0.3 is 4.74 Å². The maximum absolute atomic E-state index is 12.2. The Morgan fingerprint density at radius 2 is 2.16 bits per heavy atom. The summed E-state index contributed by atoms with van der Waals surface area (Å²) < 4.78 is 5.89. The molecule has 1 aromatic carbocycles. The molecule has 1 N–H and O–H groups in total. The molecule has 1 saturated heterocycles. The number of hydrogen-bond donors (Lipinski definition) is 1. The van der Waals surface area contributed by atoms with E-state index in [0.717, 1.165) is 20.7 Å². The van der Waals surface area contributed by atoms with Gasteiger partial charge in [-0.25, -0.2) is 5.01 Å². The molecule has 3 rings (SSSR count). The van der Waals surface area contributed by atoms with E-state index in [1.807, 2.05) is 31.2 Å². The highest BCUT2D eigenvalue weighted by Crippen LogP contribution is 2.37. The van der Waals surface area contributed by atoms with Gasteiger partial charge in [-0.2, -0.15) is 0 Å². The van der Waals surface area contributed by atoms with Gasteiger partial charge in [0.25, 0.3) is 5.91 Å². The highest BCUT2D eigenvalue weighted by Gasteiger charge is 2.34. The zero-order chi connectivity index (χ0) is 17.8. The van der Waals surface area contributed by atoms with E-state index in [2.05, 4.69) is 15.6 Å². The number of hydrogen-bond acceptors (Lipinski definition) is 8. The van der Waals surface area contributed by atoms with Crippen molar-refractivity contribution in [3.8, 4) is 5.75 Å². The van der Waals surface area contributed by atoms with Crippen LogP contribution in [0.4, 0.5) is 0 Å². The van der Waals surface area contributed by atoms with Crippen LogP contribution in [0.5, 0.6) is 5.75 Å². The third kappa shape index (κ3) is 4.44. The number of carbonyl (C=O) groups is 2. The second-order valence-corrected chi connectivity index (χ2v) is 8.58. The van der Waals surface area contributed by atoms with Crippen molar-refractivity contribution >= 4 is 46.7 Å². The Kier molecular flexibility index (Phi) is 5.82. The standard InChI is InChI=1S/C15H16N4O3S3/c1-9-16-17-15(25-9)24-7-12(20)18-19-13(21)8-23-14(19)10-3-5-11(22-2)6-4-10/h3-6,14H,7-8H2,1-2H3,(H,18,20). The first-order chi connectivity index (χ1) is 12.1. The van der Waals surface area contributed by atoms with Crippen molar-refractivity contribution in [2.45, 2.75) is 16.6 Å². The number of aromatic nitrogens is 2. The molecule has 0 aliphatic carbocycles. The van der Waals surface area contributed by atoms with Crippen LogP contribution in [-0.2, 0) is 9.59 Å². The maximum Gasteiger partial charge on any atom is 0.252 e. The number of nitrogens with zero attached hydrogens (tertiary/aromatic N) is 3. The molecule has 1 aliphatic rings. The first-order valence-corrected chi connectivity index (χ1v) is 10.2. The summed E-state index contributed by atoms with van der Waals surface area (Å²) in [7, 11) is 1.60. The van der Waals surface area contributed by atoms with Gasteiger partial charge in [-0.1, -0.05) is 35.2 Å². The van der Waals surface area contributed by atoms with Gasteiger partial charge in [0, 0.05) is 0 Å². The lowest BCUT2D eigenvalue weighted by molar-refractivity contribution is -0.138. The number of hydrazine groups is 1. The Morgan fingerprint density at radius 3 is 2.80 bits per heavy atom. The molecular weight excluding hydrogens is 380 g/mol. The van der Waals surface area contributed by atoms with E-state index in [1.165, 1.54) is 39.9 Å². The van der Waals surface area contributed by atoms with Gasteiger partial charge in [0.05, 0.1) is 18.6 Å². The molecule has 1 atom stereocenters. The van der Waals surface area contributed by atoms with Crippen molar-refractivity contribution in [1.29, 1.82) is 0 Å². The van der Waals surface area contributed by atoms with Gasteiger partial charge >= 0.3 is 0 Å². The lowest BCUT2D eigenvalue weighted by Crippen LogP contribution is -2.45. The molecular formula is C15H16N4O3S3. The largest absolute Gasteiger partial charge is 0.497 e. The molecule has 0 spiro atoms. The minimum atomic E-state index is -0.243. The highest BCUT2D eigenvalue weighted by atomic mass is 32.2. The first-order valence-electron chi connectivity index (χ1n) is 7.37. The molecule has 0 saturated carbocycles. The predicted octanol–water partition coefficient (Wildman–Crippen LogP) is 2.25. The molecule has 132 valence electrons. The third-order valence-electron chi connectivity index (χ3n) is 3.35. The Labute approximate surface area is 157 Å². The molecule has 1 unspecified atom stereocenters. The molecule has 0 bridgehead atoms. The second kappa shape index (κ2) is 8.07. The highest BCUT2D eigenvalue weighted by molar-refractivity contribution is 8.01. The van der Waals surface area contributed by atoms with Gasteiger partial charge in [0.2, 0.25) is 5.91 Å². The topological polar surface area (TPSA) is 84.4 Å². The van der Waals surface area contributed by atoms with Gasteiger partial charge in [0.1, 0.15) is 16.1 Å². The lowest BCUT2D eigenvalue weighted by Gasteiger charge is -2.24. The van der Waals surface area contributed by atoms with Crippen LogP contribution >= 0.6 is 34.9 Å². The Morgan fingerprint density at radius 1 is 1.40 bits per heavy atom. The summed E-state index contributed by atoms with van der Waals surface area (Å²) in [6.45, 7) is 1.86. The molecule has 0 radical (unpaired) electrons. The van der Waals surface area contributed by atoms with Crippen molar-refractivity contribution in [3.05, 3.63) is 34.8 Å². The molecule has 2 aromatic rings.